The fourth-order valence-corrected chi connectivity index (χ4v) is 9.39. The van der Waals surface area contributed by atoms with Crippen molar-refractivity contribution in [3.63, 3.8) is 0 Å². The number of rotatable bonds is 9. The zero-order valence-electron chi connectivity index (χ0n) is 38.8. The maximum atomic E-state index is 2.39. The van der Waals surface area contributed by atoms with E-state index in [1.54, 1.807) is 0 Å². The molecule has 2 heteroatoms. The van der Waals surface area contributed by atoms with Gasteiger partial charge in [0.15, 0.2) is 0 Å². The minimum atomic E-state index is 0.0607. The van der Waals surface area contributed by atoms with Gasteiger partial charge in [-0.05, 0) is 103 Å². The van der Waals surface area contributed by atoms with E-state index in [9.17, 15) is 0 Å². The van der Waals surface area contributed by atoms with Crippen LogP contribution in [0.15, 0.2) is 231 Å². The summed E-state index contributed by atoms with van der Waals surface area (Å²) in [5.41, 5.74) is 21.6. The number of aromatic nitrogens is 2. The van der Waals surface area contributed by atoms with Gasteiger partial charge < -0.3 is 9.13 Å². The third-order valence-corrected chi connectivity index (χ3v) is 12.9. The predicted molar refractivity (Wildman–Crippen MR) is 281 cm³/mol. The van der Waals surface area contributed by atoms with Crippen LogP contribution in [0, 0.1) is 0 Å². The summed E-state index contributed by atoms with van der Waals surface area (Å²) in [5.74, 6) is 0. The second-order valence-electron chi connectivity index (χ2n) is 19.5. The molecule has 0 aliphatic heterocycles. The van der Waals surface area contributed by atoms with E-state index in [-0.39, 0.29) is 10.8 Å². The second kappa shape index (κ2) is 17.4. The third-order valence-electron chi connectivity index (χ3n) is 12.9. The lowest BCUT2D eigenvalue weighted by atomic mass is 9.87. The highest BCUT2D eigenvalue weighted by Gasteiger charge is 2.25. The van der Waals surface area contributed by atoms with Crippen molar-refractivity contribution < 1.29 is 0 Å². The second-order valence-corrected chi connectivity index (χ2v) is 19.5. The molecule has 0 fully saturated rings. The molecule has 0 saturated carbocycles. The lowest BCUT2D eigenvalue weighted by molar-refractivity contribution is 0.590. The predicted octanol–water partition coefficient (Wildman–Crippen LogP) is 17.5. The highest BCUT2D eigenvalue weighted by atomic mass is 15.0. The normalized spacial score (nSPS) is 11.8. The Labute approximate surface area is 391 Å². The molecule has 10 rings (SSSR count). The summed E-state index contributed by atoms with van der Waals surface area (Å²) < 4.78 is 4.78. The summed E-state index contributed by atoms with van der Waals surface area (Å²) in [4.78, 5) is 0. The van der Waals surface area contributed by atoms with Crippen LogP contribution in [0.3, 0.4) is 0 Å². The molecule has 0 radical (unpaired) electrons. The minimum absolute atomic E-state index is 0.0607. The molecule has 10 aromatic rings. The molecule has 2 heterocycles. The number of benzene rings is 8. The van der Waals surface area contributed by atoms with Gasteiger partial charge in [-0.2, -0.15) is 0 Å². The van der Waals surface area contributed by atoms with Gasteiger partial charge in [0.2, 0.25) is 0 Å². The lowest BCUT2D eigenvalue weighted by Gasteiger charge is -2.20. The monoisotopic (exact) mass is 852 g/mol. The molecule has 322 valence electrons. The fraction of sp³-hybridized carbons (Fsp3) is 0.125. The van der Waals surface area contributed by atoms with E-state index >= 15 is 0 Å². The molecule has 0 spiro atoms. The maximum Gasteiger partial charge on any atom is 0.0613 e. The Hall–Kier alpha value is -7.68. The van der Waals surface area contributed by atoms with E-state index in [0.29, 0.717) is 0 Å². The molecule has 0 amide bonds. The van der Waals surface area contributed by atoms with Crippen molar-refractivity contribution in [2.24, 2.45) is 0 Å². The molecule has 8 aromatic carbocycles. The Kier molecular flexibility index (Phi) is 11.1. The van der Waals surface area contributed by atoms with Crippen molar-refractivity contribution >= 4 is 0 Å². The quantitative estimate of drug-likeness (QED) is 0.137. The van der Waals surface area contributed by atoms with Crippen molar-refractivity contribution in [1.29, 1.82) is 0 Å². The van der Waals surface area contributed by atoms with Gasteiger partial charge in [-0.1, -0.05) is 224 Å². The molecular formula is C64H56N2. The fourth-order valence-electron chi connectivity index (χ4n) is 9.39. The molecule has 0 bridgehead atoms. The summed E-state index contributed by atoms with van der Waals surface area (Å²) in [6, 6.07) is 79.8. The Morgan fingerprint density at radius 3 is 0.879 bits per heavy atom. The van der Waals surface area contributed by atoms with E-state index < -0.39 is 0 Å². The zero-order chi connectivity index (χ0) is 45.4. The summed E-state index contributed by atoms with van der Waals surface area (Å²) in [7, 11) is 0. The SMILES string of the molecule is CC(C)(C)c1ccc(-n2cc(-c3cccc(-c4cccc(-c5cn(-c6ccc(C(C)(C)C)cc6)c(-c6ccccc6)c5-c5ccccc5)c4)c3)c(-c3ccccc3)c2-c2ccccc2)cc1. The first-order valence-corrected chi connectivity index (χ1v) is 23.2. The molecule has 0 saturated heterocycles. The first-order chi connectivity index (χ1) is 32.0. The topological polar surface area (TPSA) is 9.86 Å². The van der Waals surface area contributed by atoms with Gasteiger partial charge in [-0.15, -0.1) is 0 Å². The van der Waals surface area contributed by atoms with Gasteiger partial charge in [0.25, 0.3) is 0 Å². The Morgan fingerprint density at radius 1 is 0.273 bits per heavy atom. The van der Waals surface area contributed by atoms with Crippen LogP contribution in [0.25, 0.3) is 89.5 Å². The van der Waals surface area contributed by atoms with Crippen LogP contribution >= 0.6 is 0 Å². The lowest BCUT2D eigenvalue weighted by Crippen LogP contribution is -2.10. The zero-order valence-corrected chi connectivity index (χ0v) is 38.8. The summed E-state index contributed by atoms with van der Waals surface area (Å²) >= 11 is 0. The molecule has 2 aromatic heterocycles. The van der Waals surface area contributed by atoms with E-state index in [2.05, 4.69) is 281 Å². The summed E-state index contributed by atoms with van der Waals surface area (Å²) in [6.07, 6.45) is 4.70. The first-order valence-electron chi connectivity index (χ1n) is 23.2. The van der Waals surface area contributed by atoms with Gasteiger partial charge in [-0.3, -0.25) is 0 Å². The summed E-state index contributed by atoms with van der Waals surface area (Å²) in [6.45, 7) is 13.6. The van der Waals surface area contributed by atoms with E-state index in [1.165, 1.54) is 89.3 Å². The van der Waals surface area contributed by atoms with Crippen LogP contribution in [0.5, 0.6) is 0 Å². The van der Waals surface area contributed by atoms with Gasteiger partial charge in [-0.25, -0.2) is 0 Å². The van der Waals surface area contributed by atoms with Gasteiger partial charge in [0, 0.05) is 46.0 Å². The van der Waals surface area contributed by atoms with Crippen molar-refractivity contribution in [3.8, 4) is 89.5 Å². The van der Waals surface area contributed by atoms with Crippen molar-refractivity contribution in [3.05, 3.63) is 242 Å². The van der Waals surface area contributed by atoms with Crippen molar-refractivity contribution in [2.45, 2.75) is 52.4 Å². The maximum absolute atomic E-state index is 2.39. The van der Waals surface area contributed by atoms with Gasteiger partial charge in [0.05, 0.1) is 11.4 Å². The average molecular weight is 853 g/mol. The van der Waals surface area contributed by atoms with Crippen LogP contribution in [-0.2, 0) is 10.8 Å². The molecule has 0 unspecified atom stereocenters. The highest BCUT2D eigenvalue weighted by molar-refractivity contribution is 5.97. The molecule has 0 aliphatic carbocycles. The average Bonchev–Trinajstić information content (AvgIpc) is 3.96. The van der Waals surface area contributed by atoms with Crippen LogP contribution in [0.1, 0.15) is 52.7 Å². The molecule has 2 nitrogen and oxygen atoms in total. The summed E-state index contributed by atoms with van der Waals surface area (Å²) in [5, 5.41) is 0. The smallest absolute Gasteiger partial charge is 0.0613 e. The van der Waals surface area contributed by atoms with Crippen LogP contribution < -0.4 is 0 Å². The Bertz CT molecular complexity index is 3020. The number of hydrogen-bond donors (Lipinski definition) is 0. The molecule has 66 heavy (non-hydrogen) atoms. The Balaban J connectivity index is 1.14. The van der Waals surface area contributed by atoms with Crippen LogP contribution in [0.2, 0.25) is 0 Å². The van der Waals surface area contributed by atoms with E-state index in [0.717, 1.165) is 11.4 Å². The third kappa shape index (κ3) is 8.28. The molecular weight excluding hydrogens is 797 g/mol. The number of hydrogen-bond acceptors (Lipinski definition) is 0. The standard InChI is InChI=1S/C64H56N2/c1-63(2,3)53-33-37-55(38-34-53)65-43-57(59(45-21-11-7-12-22-45)61(65)47-25-15-9-16-26-47)51-31-19-29-49(41-51)50-30-20-32-52(42-50)58-44-66(56-39-35-54(36-40-56)64(4,5)6)62(48-27-17-10-18-28-48)60(58)46-23-13-8-14-24-46/h7-44H,1-6H3. The minimum Gasteiger partial charge on any atom is -0.315 e. The number of nitrogens with zero attached hydrogens (tertiary/aromatic N) is 2. The van der Waals surface area contributed by atoms with Gasteiger partial charge >= 0.3 is 0 Å². The van der Waals surface area contributed by atoms with Crippen LogP contribution in [0.4, 0.5) is 0 Å². The van der Waals surface area contributed by atoms with Gasteiger partial charge in [0.1, 0.15) is 0 Å². The molecule has 0 atom stereocenters. The van der Waals surface area contributed by atoms with Crippen molar-refractivity contribution in [2.75, 3.05) is 0 Å². The largest absolute Gasteiger partial charge is 0.315 e. The van der Waals surface area contributed by atoms with Crippen molar-refractivity contribution in [1.82, 2.24) is 9.13 Å². The Morgan fingerprint density at radius 2 is 0.561 bits per heavy atom. The van der Waals surface area contributed by atoms with E-state index in [4.69, 9.17) is 0 Å². The molecule has 0 aliphatic rings. The first kappa shape index (κ1) is 42.3. The van der Waals surface area contributed by atoms with Crippen LogP contribution in [-0.4, -0.2) is 9.13 Å². The highest BCUT2D eigenvalue weighted by Crippen LogP contribution is 2.46. The van der Waals surface area contributed by atoms with E-state index in [1.807, 2.05) is 0 Å². The molecule has 0 N–H and O–H groups in total.